The van der Waals surface area contributed by atoms with E-state index in [1.165, 1.54) is 28.4 Å². The third-order valence-corrected chi connectivity index (χ3v) is 6.83. The zero-order valence-electron chi connectivity index (χ0n) is 19.0. The van der Waals surface area contributed by atoms with Crippen molar-refractivity contribution in [3.8, 4) is 0 Å². The smallest absolute Gasteiger partial charge is 0.307 e. The topological polar surface area (TPSA) is 69.5 Å². The molecule has 5 rings (SSSR count). The van der Waals surface area contributed by atoms with Gasteiger partial charge in [0.15, 0.2) is 11.2 Å². The molecule has 0 N–H and O–H groups in total. The quantitative estimate of drug-likeness (QED) is 0.484. The number of piperidine rings is 1. The van der Waals surface area contributed by atoms with E-state index >= 15 is 0 Å². The fourth-order valence-electron chi connectivity index (χ4n) is 5.01. The molecule has 0 aliphatic carbocycles. The Morgan fingerprint density at radius 2 is 1.75 bits per heavy atom. The fraction of sp³-hybridized carbons (Fsp3) is 0.458. The van der Waals surface area contributed by atoms with Gasteiger partial charge in [-0.1, -0.05) is 36.8 Å². The van der Waals surface area contributed by atoms with E-state index in [1.54, 1.807) is 7.05 Å². The first kappa shape index (κ1) is 20.8. The molecule has 168 valence electrons. The van der Waals surface area contributed by atoms with Crippen LogP contribution in [0.2, 0.25) is 0 Å². The standard InChI is InChI=1S/C24H30N6O2/c1-17-16-29-20-21(25-23(29)30(17)18(2)19-10-6-4-7-11-19)26(3)24(32)28(22(20)31)15-14-27-12-8-5-9-13-27/h4,6-7,10-11,16,18H,5,8-9,12-15H2,1-3H3. The highest BCUT2D eigenvalue weighted by atomic mass is 16.2. The minimum Gasteiger partial charge on any atom is -0.307 e. The number of fused-ring (bicyclic) bond motifs is 3. The molecule has 8 heteroatoms. The van der Waals surface area contributed by atoms with E-state index in [0.717, 1.165) is 24.3 Å². The van der Waals surface area contributed by atoms with E-state index in [9.17, 15) is 9.59 Å². The molecule has 3 aromatic heterocycles. The maximum atomic E-state index is 13.5. The predicted molar refractivity (Wildman–Crippen MR) is 125 cm³/mol. The van der Waals surface area contributed by atoms with Crippen molar-refractivity contribution in [2.24, 2.45) is 7.05 Å². The Bertz CT molecular complexity index is 1390. The minimum absolute atomic E-state index is 0.0452. The van der Waals surface area contributed by atoms with Gasteiger partial charge in [0.1, 0.15) is 0 Å². The lowest BCUT2D eigenvalue weighted by atomic mass is 10.1. The molecule has 1 aromatic carbocycles. The van der Waals surface area contributed by atoms with Crippen molar-refractivity contribution in [1.82, 2.24) is 28.0 Å². The Morgan fingerprint density at radius 3 is 2.47 bits per heavy atom. The van der Waals surface area contributed by atoms with Crippen LogP contribution in [0.3, 0.4) is 0 Å². The molecule has 4 heterocycles. The molecular weight excluding hydrogens is 404 g/mol. The van der Waals surface area contributed by atoms with Gasteiger partial charge in [0.25, 0.3) is 5.56 Å². The van der Waals surface area contributed by atoms with Gasteiger partial charge in [-0.25, -0.2) is 4.79 Å². The molecule has 1 aliphatic rings. The van der Waals surface area contributed by atoms with Gasteiger partial charge in [-0.05, 0) is 45.3 Å². The van der Waals surface area contributed by atoms with Crippen LogP contribution in [0.4, 0.5) is 0 Å². The van der Waals surface area contributed by atoms with Crippen molar-refractivity contribution in [3.05, 3.63) is 68.6 Å². The maximum Gasteiger partial charge on any atom is 0.332 e. The number of likely N-dealkylation sites (tertiary alicyclic amines) is 1. The van der Waals surface area contributed by atoms with Gasteiger partial charge < -0.3 is 9.47 Å². The SMILES string of the molecule is Cc1cn2c3c(=O)n(CCN4CCCCC4)c(=O)n(C)c3nc2n1C(C)c1ccccc1. The molecule has 0 saturated carbocycles. The third kappa shape index (κ3) is 3.30. The van der Waals surface area contributed by atoms with Crippen LogP contribution in [-0.4, -0.2) is 47.6 Å². The molecular formula is C24H30N6O2. The lowest BCUT2D eigenvalue weighted by molar-refractivity contribution is 0.218. The summed E-state index contributed by atoms with van der Waals surface area (Å²) in [4.78, 5) is 33.6. The van der Waals surface area contributed by atoms with E-state index in [1.807, 2.05) is 35.7 Å². The predicted octanol–water partition coefficient (Wildman–Crippen LogP) is 2.55. The van der Waals surface area contributed by atoms with Gasteiger partial charge in [-0.2, -0.15) is 4.98 Å². The summed E-state index contributed by atoms with van der Waals surface area (Å²) in [5.74, 6) is 0.676. The minimum atomic E-state index is -0.306. The van der Waals surface area contributed by atoms with Crippen molar-refractivity contribution in [1.29, 1.82) is 0 Å². The molecule has 32 heavy (non-hydrogen) atoms. The molecule has 4 aromatic rings. The first-order valence-electron chi connectivity index (χ1n) is 11.4. The number of rotatable bonds is 5. The highest BCUT2D eigenvalue weighted by Gasteiger charge is 2.23. The van der Waals surface area contributed by atoms with Crippen LogP contribution < -0.4 is 11.2 Å². The van der Waals surface area contributed by atoms with E-state index in [0.29, 0.717) is 30.0 Å². The summed E-state index contributed by atoms with van der Waals surface area (Å²) in [6, 6.07) is 10.3. The highest BCUT2D eigenvalue weighted by molar-refractivity contribution is 5.75. The van der Waals surface area contributed by atoms with Crippen molar-refractivity contribution in [2.45, 2.75) is 45.7 Å². The summed E-state index contributed by atoms with van der Waals surface area (Å²) in [5.41, 5.74) is 2.49. The molecule has 0 spiro atoms. The van der Waals surface area contributed by atoms with Gasteiger partial charge in [0.05, 0.1) is 6.04 Å². The van der Waals surface area contributed by atoms with Gasteiger partial charge in [0, 0.05) is 32.0 Å². The molecule has 1 aliphatic heterocycles. The first-order chi connectivity index (χ1) is 15.5. The van der Waals surface area contributed by atoms with Crippen LogP contribution in [0.5, 0.6) is 0 Å². The number of aryl methyl sites for hydroxylation is 2. The largest absolute Gasteiger partial charge is 0.332 e. The number of hydrogen-bond acceptors (Lipinski definition) is 4. The zero-order valence-corrected chi connectivity index (χ0v) is 19.0. The monoisotopic (exact) mass is 434 g/mol. The summed E-state index contributed by atoms with van der Waals surface area (Å²) < 4.78 is 6.85. The average molecular weight is 435 g/mol. The van der Waals surface area contributed by atoms with Gasteiger partial charge in [-0.3, -0.25) is 18.3 Å². The second kappa shape index (κ2) is 8.09. The third-order valence-electron chi connectivity index (χ3n) is 6.83. The lowest BCUT2D eigenvalue weighted by Gasteiger charge is -2.26. The van der Waals surface area contributed by atoms with Crippen molar-refractivity contribution < 1.29 is 0 Å². The molecule has 1 saturated heterocycles. The van der Waals surface area contributed by atoms with Crippen molar-refractivity contribution >= 4 is 16.9 Å². The first-order valence-corrected chi connectivity index (χ1v) is 11.4. The van der Waals surface area contributed by atoms with Gasteiger partial charge in [0.2, 0.25) is 5.78 Å². The molecule has 1 fully saturated rings. The van der Waals surface area contributed by atoms with Gasteiger partial charge >= 0.3 is 5.69 Å². The van der Waals surface area contributed by atoms with Crippen LogP contribution in [0.15, 0.2) is 46.1 Å². The highest BCUT2D eigenvalue weighted by Crippen LogP contribution is 2.25. The van der Waals surface area contributed by atoms with E-state index in [2.05, 4.69) is 28.5 Å². The molecule has 1 unspecified atom stereocenters. The number of hydrogen-bond donors (Lipinski definition) is 0. The van der Waals surface area contributed by atoms with Crippen LogP contribution in [0.1, 0.15) is 43.5 Å². The molecule has 0 bridgehead atoms. The summed E-state index contributed by atoms with van der Waals surface area (Å²) in [5, 5.41) is 0. The summed E-state index contributed by atoms with van der Waals surface area (Å²) in [7, 11) is 1.70. The van der Waals surface area contributed by atoms with Gasteiger partial charge in [-0.15, -0.1) is 0 Å². The summed E-state index contributed by atoms with van der Waals surface area (Å²) >= 11 is 0. The van der Waals surface area contributed by atoms with E-state index in [4.69, 9.17) is 4.98 Å². The van der Waals surface area contributed by atoms with Crippen molar-refractivity contribution in [2.75, 3.05) is 19.6 Å². The normalized spacial score (nSPS) is 16.2. The Morgan fingerprint density at radius 1 is 1.03 bits per heavy atom. The molecule has 1 atom stereocenters. The van der Waals surface area contributed by atoms with E-state index in [-0.39, 0.29) is 17.3 Å². The Balaban J connectivity index is 1.63. The average Bonchev–Trinajstić information content (AvgIpc) is 3.33. The lowest BCUT2D eigenvalue weighted by Crippen LogP contribution is -2.43. The Hall–Kier alpha value is -3.13. The second-order valence-electron chi connectivity index (χ2n) is 8.88. The van der Waals surface area contributed by atoms with Crippen LogP contribution in [0, 0.1) is 6.92 Å². The molecule has 0 amide bonds. The van der Waals surface area contributed by atoms with Crippen molar-refractivity contribution in [3.63, 3.8) is 0 Å². The van der Waals surface area contributed by atoms with Crippen LogP contribution in [0.25, 0.3) is 16.9 Å². The summed E-state index contributed by atoms with van der Waals surface area (Å²) in [6.45, 7) is 7.33. The van der Waals surface area contributed by atoms with Crippen LogP contribution in [-0.2, 0) is 13.6 Å². The van der Waals surface area contributed by atoms with Crippen LogP contribution >= 0.6 is 0 Å². The summed E-state index contributed by atoms with van der Waals surface area (Å²) in [6.07, 6.45) is 5.57. The number of benzene rings is 1. The Labute approximate surface area is 186 Å². The van der Waals surface area contributed by atoms with E-state index < -0.39 is 0 Å². The maximum absolute atomic E-state index is 13.5. The number of aromatic nitrogens is 5. The second-order valence-corrected chi connectivity index (χ2v) is 8.88. The number of imidazole rings is 2. The number of nitrogens with zero attached hydrogens (tertiary/aromatic N) is 6. The molecule has 8 nitrogen and oxygen atoms in total. The Kier molecular flexibility index (Phi) is 5.25. The zero-order chi connectivity index (χ0) is 22.4. The fourth-order valence-corrected chi connectivity index (χ4v) is 5.01. The molecule has 0 radical (unpaired) electrons.